The van der Waals surface area contributed by atoms with Gasteiger partial charge in [0.15, 0.2) is 11.5 Å². The molecule has 1 amide bonds. The first-order valence-electron chi connectivity index (χ1n) is 6.83. The maximum atomic E-state index is 12.2. The number of carbonyl (C=O) groups is 1. The minimum absolute atomic E-state index is 0.175. The van der Waals surface area contributed by atoms with Gasteiger partial charge < -0.3 is 10.6 Å². The molecule has 0 aliphatic heterocycles. The molecule has 8 heteroatoms. The molecule has 0 unspecified atom stereocenters. The lowest BCUT2D eigenvalue weighted by molar-refractivity contribution is 0.0946. The molecule has 0 aliphatic rings. The quantitative estimate of drug-likeness (QED) is 0.669. The van der Waals surface area contributed by atoms with Gasteiger partial charge in [0.05, 0.1) is 0 Å². The lowest BCUT2D eigenvalue weighted by atomic mass is 10.2. The number of amides is 1. The molecule has 0 saturated carbocycles. The largest absolute Gasteiger partial charge is 0.346 e. The summed E-state index contributed by atoms with van der Waals surface area (Å²) >= 11 is 5.94. The maximum absolute atomic E-state index is 12.2. The standard InChI is InChI=1S/C15H13ClN6O/c16-11-4-1-5-12(7-11)19-14-13(20-22-21-14)15(23)18-9-10-3-2-6-17-8-10/h1-8H,9H2,(H,18,23)(H2,19,20,21,22). The predicted octanol–water partition coefficient (Wildman–Crippen LogP) is 2.53. The summed E-state index contributed by atoms with van der Waals surface area (Å²) in [6.07, 6.45) is 3.37. The van der Waals surface area contributed by atoms with Crippen LogP contribution in [-0.2, 0) is 6.54 Å². The fourth-order valence-corrected chi connectivity index (χ4v) is 2.14. The summed E-state index contributed by atoms with van der Waals surface area (Å²) in [6.45, 7) is 0.357. The first-order valence-corrected chi connectivity index (χ1v) is 7.20. The molecule has 0 radical (unpaired) electrons. The molecule has 3 aromatic rings. The molecule has 0 fully saturated rings. The van der Waals surface area contributed by atoms with Gasteiger partial charge in [0.25, 0.3) is 5.91 Å². The Morgan fingerprint density at radius 3 is 2.91 bits per heavy atom. The molecular formula is C15H13ClN6O. The van der Waals surface area contributed by atoms with E-state index >= 15 is 0 Å². The summed E-state index contributed by atoms with van der Waals surface area (Å²) in [5, 5.41) is 16.7. The number of nitrogens with zero attached hydrogens (tertiary/aromatic N) is 3. The van der Waals surface area contributed by atoms with Gasteiger partial charge in [-0.2, -0.15) is 5.21 Å². The van der Waals surface area contributed by atoms with Crippen LogP contribution in [0.5, 0.6) is 0 Å². The Labute approximate surface area is 137 Å². The van der Waals surface area contributed by atoms with Gasteiger partial charge in [-0.05, 0) is 29.8 Å². The smallest absolute Gasteiger partial charge is 0.275 e. The first-order chi connectivity index (χ1) is 11.2. The summed E-state index contributed by atoms with van der Waals surface area (Å²) in [6, 6.07) is 10.8. The van der Waals surface area contributed by atoms with Crippen molar-refractivity contribution < 1.29 is 4.79 Å². The SMILES string of the molecule is O=C(NCc1cccnc1)c1n[nH]nc1Nc1cccc(Cl)c1. The minimum atomic E-state index is -0.341. The Hall–Kier alpha value is -2.93. The normalized spacial score (nSPS) is 10.3. The van der Waals surface area contributed by atoms with Crippen LogP contribution >= 0.6 is 11.6 Å². The lowest BCUT2D eigenvalue weighted by Gasteiger charge is -2.06. The number of benzene rings is 1. The van der Waals surface area contributed by atoms with Crippen LogP contribution in [0.2, 0.25) is 5.02 Å². The third-order valence-electron chi connectivity index (χ3n) is 3.03. The number of anilines is 2. The molecule has 0 bridgehead atoms. The molecule has 23 heavy (non-hydrogen) atoms. The third-order valence-corrected chi connectivity index (χ3v) is 3.26. The summed E-state index contributed by atoms with van der Waals surface area (Å²) in [7, 11) is 0. The molecule has 116 valence electrons. The van der Waals surface area contributed by atoms with Crippen LogP contribution in [0.4, 0.5) is 11.5 Å². The molecular weight excluding hydrogens is 316 g/mol. The monoisotopic (exact) mass is 328 g/mol. The van der Waals surface area contributed by atoms with Crippen molar-refractivity contribution in [1.29, 1.82) is 0 Å². The highest BCUT2D eigenvalue weighted by Gasteiger charge is 2.16. The van der Waals surface area contributed by atoms with E-state index in [1.807, 2.05) is 18.2 Å². The van der Waals surface area contributed by atoms with Crippen molar-refractivity contribution in [2.45, 2.75) is 6.54 Å². The first kappa shape index (κ1) is 15.0. The van der Waals surface area contributed by atoms with Crippen molar-refractivity contribution in [1.82, 2.24) is 25.7 Å². The molecule has 0 saturated heterocycles. The molecule has 3 N–H and O–H groups in total. The van der Waals surface area contributed by atoms with E-state index in [9.17, 15) is 4.79 Å². The number of hydrogen-bond acceptors (Lipinski definition) is 5. The highest BCUT2D eigenvalue weighted by atomic mass is 35.5. The van der Waals surface area contributed by atoms with Crippen LogP contribution in [0.3, 0.4) is 0 Å². The Kier molecular flexibility index (Phi) is 4.49. The van der Waals surface area contributed by atoms with Crippen LogP contribution in [0.15, 0.2) is 48.8 Å². The topological polar surface area (TPSA) is 95.6 Å². The molecule has 0 aliphatic carbocycles. The molecule has 0 atom stereocenters. The Balaban J connectivity index is 1.69. The number of nitrogens with one attached hydrogen (secondary N) is 3. The van der Waals surface area contributed by atoms with Gasteiger partial charge in [0.1, 0.15) is 0 Å². The second-order valence-corrected chi connectivity index (χ2v) is 5.14. The Morgan fingerprint density at radius 1 is 1.22 bits per heavy atom. The van der Waals surface area contributed by atoms with Gasteiger partial charge in [-0.15, -0.1) is 10.2 Å². The maximum Gasteiger partial charge on any atom is 0.275 e. The van der Waals surface area contributed by atoms with Gasteiger partial charge in [-0.3, -0.25) is 9.78 Å². The zero-order valence-electron chi connectivity index (χ0n) is 12.0. The Bertz CT molecular complexity index is 804. The highest BCUT2D eigenvalue weighted by molar-refractivity contribution is 6.30. The van der Waals surface area contributed by atoms with Crippen molar-refractivity contribution >= 4 is 29.0 Å². The molecule has 7 nitrogen and oxygen atoms in total. The van der Waals surface area contributed by atoms with Crippen LogP contribution in [0.1, 0.15) is 16.1 Å². The summed E-state index contributed by atoms with van der Waals surface area (Å²) in [4.78, 5) is 16.2. The summed E-state index contributed by atoms with van der Waals surface area (Å²) in [5.74, 6) is -0.0110. The average molecular weight is 329 g/mol. The van der Waals surface area contributed by atoms with E-state index in [4.69, 9.17) is 11.6 Å². The van der Waals surface area contributed by atoms with E-state index in [1.165, 1.54) is 0 Å². The van der Waals surface area contributed by atoms with Gasteiger partial charge in [-0.25, -0.2) is 0 Å². The third kappa shape index (κ3) is 3.83. The number of pyridine rings is 1. The molecule has 2 aromatic heterocycles. The van der Waals surface area contributed by atoms with E-state index in [0.717, 1.165) is 5.56 Å². The lowest BCUT2D eigenvalue weighted by Crippen LogP contribution is -2.24. The summed E-state index contributed by atoms with van der Waals surface area (Å²) < 4.78 is 0. The number of hydrogen-bond donors (Lipinski definition) is 3. The average Bonchev–Trinajstić information content (AvgIpc) is 3.02. The van der Waals surface area contributed by atoms with Gasteiger partial charge in [-0.1, -0.05) is 23.7 Å². The number of carbonyl (C=O) groups excluding carboxylic acids is 1. The van der Waals surface area contributed by atoms with Crippen LogP contribution in [-0.4, -0.2) is 26.3 Å². The molecule has 2 heterocycles. The van der Waals surface area contributed by atoms with Crippen molar-refractivity contribution in [3.8, 4) is 0 Å². The molecule has 3 rings (SSSR count). The second kappa shape index (κ2) is 6.89. The van der Waals surface area contributed by atoms with E-state index < -0.39 is 0 Å². The van der Waals surface area contributed by atoms with Crippen molar-refractivity contribution in [2.24, 2.45) is 0 Å². The van der Waals surface area contributed by atoms with E-state index in [0.29, 0.717) is 23.1 Å². The van der Waals surface area contributed by atoms with Crippen LogP contribution in [0.25, 0.3) is 0 Å². The molecule has 0 spiro atoms. The zero-order chi connectivity index (χ0) is 16.1. The summed E-state index contributed by atoms with van der Waals surface area (Å²) in [5.41, 5.74) is 1.79. The molecule has 1 aromatic carbocycles. The Morgan fingerprint density at radius 2 is 2.13 bits per heavy atom. The van der Waals surface area contributed by atoms with E-state index in [2.05, 4.69) is 31.0 Å². The van der Waals surface area contributed by atoms with E-state index in [1.54, 1.807) is 30.6 Å². The number of halogens is 1. The predicted molar refractivity (Wildman–Crippen MR) is 86.5 cm³/mol. The van der Waals surface area contributed by atoms with Gasteiger partial charge in [0.2, 0.25) is 0 Å². The number of aromatic nitrogens is 4. The number of H-pyrrole nitrogens is 1. The van der Waals surface area contributed by atoms with Gasteiger partial charge in [0, 0.05) is 29.6 Å². The number of rotatable bonds is 5. The fraction of sp³-hybridized carbons (Fsp3) is 0.0667. The van der Waals surface area contributed by atoms with Crippen molar-refractivity contribution in [2.75, 3.05) is 5.32 Å². The highest BCUT2D eigenvalue weighted by Crippen LogP contribution is 2.20. The van der Waals surface area contributed by atoms with Crippen molar-refractivity contribution in [3.05, 3.63) is 65.1 Å². The fourth-order valence-electron chi connectivity index (χ4n) is 1.95. The van der Waals surface area contributed by atoms with Crippen LogP contribution in [0, 0.1) is 0 Å². The van der Waals surface area contributed by atoms with Gasteiger partial charge >= 0.3 is 0 Å². The second-order valence-electron chi connectivity index (χ2n) is 4.70. The minimum Gasteiger partial charge on any atom is -0.346 e. The zero-order valence-corrected chi connectivity index (χ0v) is 12.7. The van der Waals surface area contributed by atoms with Crippen molar-refractivity contribution in [3.63, 3.8) is 0 Å². The number of aromatic amines is 1. The van der Waals surface area contributed by atoms with E-state index in [-0.39, 0.29) is 11.6 Å². The van der Waals surface area contributed by atoms with Crippen LogP contribution < -0.4 is 10.6 Å².